The van der Waals surface area contributed by atoms with Gasteiger partial charge < -0.3 is 19.9 Å². The molecule has 1 saturated heterocycles. The van der Waals surface area contributed by atoms with Gasteiger partial charge in [-0.2, -0.15) is 0 Å². The van der Waals surface area contributed by atoms with E-state index in [9.17, 15) is 14.4 Å². The van der Waals surface area contributed by atoms with Crippen molar-refractivity contribution in [2.45, 2.75) is 31.5 Å². The zero-order chi connectivity index (χ0) is 31.9. The first kappa shape index (κ1) is 30.7. The molecule has 3 heterocycles. The maximum absolute atomic E-state index is 14.0. The van der Waals surface area contributed by atoms with Crippen LogP contribution < -0.4 is 5.32 Å². The minimum atomic E-state index is -0.769. The third-order valence-electron chi connectivity index (χ3n) is 8.47. The van der Waals surface area contributed by atoms with Crippen LogP contribution in [0.1, 0.15) is 51.0 Å². The number of esters is 1. The fourth-order valence-electron chi connectivity index (χ4n) is 6.13. The standard InChI is InChI=1S/C35H37N7O4/c1-46-35(45)31-24-36-39-42(31)18-10-17-29(38-33(43)30-23-27-15-8-9-16-28(27)37-30)34(44)41-21-19-40(20-22-41)32(25-11-4-2-5-12-25)26-13-6-3-7-14-26/h2-9,11-16,23-24,29,32,37H,10,17-22H2,1H3,(H,38,43)/t29-/m0/s1. The Bertz CT molecular complexity index is 1710. The molecule has 2 aromatic heterocycles. The van der Waals surface area contributed by atoms with Crippen molar-refractivity contribution in [2.24, 2.45) is 0 Å². The summed E-state index contributed by atoms with van der Waals surface area (Å²) in [5, 5.41) is 11.7. The van der Waals surface area contributed by atoms with Crippen LogP contribution in [0.4, 0.5) is 0 Å². The summed E-state index contributed by atoms with van der Waals surface area (Å²) in [6, 6.07) is 29.6. The van der Waals surface area contributed by atoms with Gasteiger partial charge in [-0.3, -0.25) is 14.5 Å². The summed E-state index contributed by atoms with van der Waals surface area (Å²) in [6.07, 6.45) is 2.17. The number of amides is 2. The van der Waals surface area contributed by atoms with E-state index in [1.165, 1.54) is 29.1 Å². The number of carbonyl (C=O) groups is 3. The van der Waals surface area contributed by atoms with Crippen LogP contribution in [0.2, 0.25) is 0 Å². The molecule has 5 aromatic rings. The first-order chi connectivity index (χ1) is 22.5. The Balaban J connectivity index is 1.16. The number of ether oxygens (including phenoxy) is 1. The summed E-state index contributed by atoms with van der Waals surface area (Å²) in [4.78, 5) is 47.0. The van der Waals surface area contributed by atoms with Crippen LogP contribution in [0.3, 0.4) is 0 Å². The van der Waals surface area contributed by atoms with Crippen LogP contribution in [0, 0.1) is 0 Å². The fraction of sp³-hybridized carbons (Fsp3) is 0.286. The number of aromatic amines is 1. The minimum absolute atomic E-state index is 0.0730. The third kappa shape index (κ3) is 6.84. The van der Waals surface area contributed by atoms with E-state index in [1.54, 1.807) is 6.07 Å². The van der Waals surface area contributed by atoms with Gasteiger partial charge in [0, 0.05) is 43.6 Å². The summed E-state index contributed by atoms with van der Waals surface area (Å²) in [5.74, 6) is -1.02. The Morgan fingerprint density at radius 2 is 1.54 bits per heavy atom. The molecule has 6 rings (SSSR count). The first-order valence-electron chi connectivity index (χ1n) is 15.5. The van der Waals surface area contributed by atoms with Gasteiger partial charge in [-0.25, -0.2) is 9.48 Å². The molecule has 46 heavy (non-hydrogen) atoms. The molecule has 11 nitrogen and oxygen atoms in total. The molecule has 236 valence electrons. The predicted octanol–water partition coefficient (Wildman–Crippen LogP) is 4.06. The first-order valence-corrected chi connectivity index (χ1v) is 15.5. The van der Waals surface area contributed by atoms with Gasteiger partial charge in [0.25, 0.3) is 5.91 Å². The van der Waals surface area contributed by atoms with Crippen LogP contribution in [0.15, 0.2) is 97.2 Å². The molecule has 1 aliphatic heterocycles. The Labute approximate surface area is 267 Å². The van der Waals surface area contributed by atoms with E-state index < -0.39 is 12.0 Å². The number of nitrogens with one attached hydrogen (secondary N) is 2. The molecule has 3 aromatic carbocycles. The summed E-state index contributed by atoms with van der Waals surface area (Å²) < 4.78 is 6.28. The van der Waals surface area contributed by atoms with E-state index in [4.69, 9.17) is 4.74 Å². The van der Waals surface area contributed by atoms with Gasteiger partial charge in [-0.05, 0) is 36.1 Å². The molecule has 0 aliphatic carbocycles. The molecule has 0 radical (unpaired) electrons. The number of benzene rings is 3. The van der Waals surface area contributed by atoms with Crippen molar-refractivity contribution in [2.75, 3.05) is 33.3 Å². The second kappa shape index (κ2) is 14.2. The molecule has 0 bridgehead atoms. The second-order valence-electron chi connectivity index (χ2n) is 11.4. The van der Waals surface area contributed by atoms with Gasteiger partial charge in [-0.1, -0.05) is 84.1 Å². The Hall–Kier alpha value is -5.29. The van der Waals surface area contributed by atoms with Gasteiger partial charge >= 0.3 is 5.97 Å². The van der Waals surface area contributed by atoms with Crippen LogP contribution in [0.25, 0.3) is 10.9 Å². The lowest BCUT2D eigenvalue weighted by atomic mass is 9.96. The smallest absolute Gasteiger partial charge is 0.358 e. The van der Waals surface area contributed by atoms with Gasteiger partial charge in [0.1, 0.15) is 11.7 Å². The average molecular weight is 620 g/mol. The fourth-order valence-corrected chi connectivity index (χ4v) is 6.13. The lowest BCUT2D eigenvalue weighted by molar-refractivity contribution is -0.135. The molecule has 11 heteroatoms. The van der Waals surface area contributed by atoms with Crippen LogP contribution in [-0.2, 0) is 16.1 Å². The number of para-hydroxylation sites is 1. The number of nitrogens with zero attached hydrogens (tertiary/aromatic N) is 5. The normalized spacial score (nSPS) is 14.3. The zero-order valence-corrected chi connectivity index (χ0v) is 25.7. The lowest BCUT2D eigenvalue weighted by Crippen LogP contribution is -2.55. The van der Waals surface area contributed by atoms with Crippen molar-refractivity contribution in [3.8, 4) is 0 Å². The SMILES string of the molecule is COC(=O)c1cnnn1CCC[C@H](NC(=O)c1cc2ccccc2[nH]1)C(=O)N1CCN(C(c2ccccc2)c2ccccc2)CC1. The highest BCUT2D eigenvalue weighted by atomic mass is 16.5. The van der Waals surface area contributed by atoms with E-state index in [1.807, 2.05) is 41.3 Å². The largest absolute Gasteiger partial charge is 0.464 e. The summed E-state index contributed by atoms with van der Waals surface area (Å²) in [5.41, 5.74) is 3.88. The van der Waals surface area contributed by atoms with E-state index in [0.717, 1.165) is 10.9 Å². The number of H-pyrrole nitrogens is 1. The molecule has 1 aliphatic rings. The van der Waals surface area contributed by atoms with Crippen molar-refractivity contribution in [3.05, 3.63) is 120 Å². The molecule has 0 saturated carbocycles. The number of hydrogen-bond acceptors (Lipinski definition) is 7. The van der Waals surface area contributed by atoms with E-state index in [2.05, 4.69) is 74.0 Å². The van der Waals surface area contributed by atoms with E-state index >= 15 is 0 Å². The number of aryl methyl sites for hydroxylation is 1. The summed E-state index contributed by atoms with van der Waals surface area (Å²) >= 11 is 0. The van der Waals surface area contributed by atoms with Crippen LogP contribution in [0.5, 0.6) is 0 Å². The maximum Gasteiger partial charge on any atom is 0.358 e. The van der Waals surface area contributed by atoms with Gasteiger partial charge in [0.15, 0.2) is 5.69 Å². The summed E-state index contributed by atoms with van der Waals surface area (Å²) in [7, 11) is 1.30. The topological polar surface area (TPSA) is 125 Å². The van der Waals surface area contributed by atoms with E-state index in [-0.39, 0.29) is 23.6 Å². The molecule has 2 N–H and O–H groups in total. The highest BCUT2D eigenvalue weighted by Gasteiger charge is 2.32. The van der Waals surface area contributed by atoms with Gasteiger partial charge in [-0.15, -0.1) is 5.10 Å². The highest BCUT2D eigenvalue weighted by molar-refractivity contribution is 6.00. The zero-order valence-electron chi connectivity index (χ0n) is 25.7. The average Bonchev–Trinajstić information content (AvgIpc) is 3.76. The number of piperazine rings is 1. The molecule has 1 atom stereocenters. The molecule has 1 fully saturated rings. The van der Waals surface area contributed by atoms with Gasteiger partial charge in [0.2, 0.25) is 5.91 Å². The molecular weight excluding hydrogens is 582 g/mol. The Morgan fingerprint density at radius 3 is 2.20 bits per heavy atom. The van der Waals surface area contributed by atoms with Crippen molar-refractivity contribution >= 4 is 28.7 Å². The second-order valence-corrected chi connectivity index (χ2v) is 11.4. The third-order valence-corrected chi connectivity index (χ3v) is 8.47. The van der Waals surface area contributed by atoms with Crippen molar-refractivity contribution in [1.82, 2.24) is 35.1 Å². The number of rotatable bonds is 11. The minimum Gasteiger partial charge on any atom is -0.464 e. The molecule has 0 spiro atoms. The van der Waals surface area contributed by atoms with Crippen molar-refractivity contribution in [1.29, 1.82) is 0 Å². The summed E-state index contributed by atoms with van der Waals surface area (Å²) in [6.45, 7) is 2.77. The number of methoxy groups -OCH3 is 1. The monoisotopic (exact) mass is 619 g/mol. The van der Waals surface area contributed by atoms with Crippen LogP contribution in [-0.4, -0.2) is 86.9 Å². The predicted molar refractivity (Wildman–Crippen MR) is 173 cm³/mol. The lowest BCUT2D eigenvalue weighted by Gasteiger charge is -2.40. The van der Waals surface area contributed by atoms with Gasteiger partial charge in [0.05, 0.1) is 19.3 Å². The molecule has 0 unspecified atom stereocenters. The van der Waals surface area contributed by atoms with Crippen molar-refractivity contribution < 1.29 is 19.1 Å². The van der Waals surface area contributed by atoms with Crippen molar-refractivity contribution in [3.63, 3.8) is 0 Å². The number of carbonyl (C=O) groups excluding carboxylic acids is 3. The quantitative estimate of drug-likeness (QED) is 0.214. The number of fused-ring (bicyclic) bond motifs is 1. The van der Waals surface area contributed by atoms with E-state index in [0.29, 0.717) is 51.3 Å². The number of hydrogen-bond donors (Lipinski definition) is 2. The molecule has 2 amide bonds. The highest BCUT2D eigenvalue weighted by Crippen LogP contribution is 2.29. The number of aromatic nitrogens is 4. The molecular formula is C35H37N7O4. The van der Waals surface area contributed by atoms with Crippen LogP contribution >= 0.6 is 0 Å². The Morgan fingerprint density at radius 1 is 0.891 bits per heavy atom. The maximum atomic E-state index is 14.0. The Kier molecular flexibility index (Phi) is 9.49.